The SMILES string of the molecule is CCC1NC(C)N(CC2CCCCO2)C1=O. The van der Waals surface area contributed by atoms with E-state index in [4.69, 9.17) is 4.74 Å². The van der Waals surface area contributed by atoms with Crippen molar-refractivity contribution < 1.29 is 9.53 Å². The summed E-state index contributed by atoms with van der Waals surface area (Å²) in [4.78, 5) is 14.0. The zero-order chi connectivity index (χ0) is 11.5. The molecule has 0 aliphatic carbocycles. The van der Waals surface area contributed by atoms with Crippen LogP contribution in [0, 0.1) is 0 Å². The van der Waals surface area contributed by atoms with E-state index in [0.29, 0.717) is 0 Å². The van der Waals surface area contributed by atoms with Gasteiger partial charge in [0.1, 0.15) is 0 Å². The van der Waals surface area contributed by atoms with E-state index in [0.717, 1.165) is 32.4 Å². The molecule has 1 N–H and O–H groups in total. The predicted octanol–water partition coefficient (Wildman–Crippen LogP) is 1.11. The number of hydrogen-bond acceptors (Lipinski definition) is 3. The first-order valence-electron chi connectivity index (χ1n) is 6.40. The molecule has 2 fully saturated rings. The van der Waals surface area contributed by atoms with E-state index in [9.17, 15) is 4.79 Å². The average Bonchev–Trinajstić information content (AvgIpc) is 2.58. The van der Waals surface area contributed by atoms with Crippen LogP contribution in [0.2, 0.25) is 0 Å². The van der Waals surface area contributed by atoms with Gasteiger partial charge in [-0.05, 0) is 32.6 Å². The molecule has 1 amide bonds. The number of amides is 1. The van der Waals surface area contributed by atoms with Crippen LogP contribution >= 0.6 is 0 Å². The Balaban J connectivity index is 1.90. The Morgan fingerprint density at radius 2 is 2.31 bits per heavy atom. The quantitative estimate of drug-likeness (QED) is 0.784. The number of hydrogen-bond donors (Lipinski definition) is 1. The van der Waals surface area contributed by atoms with E-state index in [1.807, 2.05) is 11.8 Å². The Bertz CT molecular complexity index is 251. The third-order valence-electron chi connectivity index (χ3n) is 3.57. The molecule has 2 rings (SSSR count). The molecule has 3 atom stereocenters. The molecule has 2 aliphatic rings. The number of nitrogens with one attached hydrogen (secondary N) is 1. The van der Waals surface area contributed by atoms with Crippen LogP contribution in [0.25, 0.3) is 0 Å². The van der Waals surface area contributed by atoms with E-state index in [1.54, 1.807) is 0 Å². The van der Waals surface area contributed by atoms with Gasteiger partial charge in [-0.3, -0.25) is 10.1 Å². The van der Waals surface area contributed by atoms with Gasteiger partial charge >= 0.3 is 0 Å². The summed E-state index contributed by atoms with van der Waals surface area (Å²) in [6.45, 7) is 5.70. The molecule has 3 unspecified atom stereocenters. The summed E-state index contributed by atoms with van der Waals surface area (Å²) in [5.74, 6) is 0.240. The first kappa shape index (κ1) is 11.9. The number of rotatable bonds is 3. The number of ether oxygens (including phenoxy) is 1. The maximum Gasteiger partial charge on any atom is 0.241 e. The highest BCUT2D eigenvalue weighted by Gasteiger charge is 2.36. The van der Waals surface area contributed by atoms with E-state index >= 15 is 0 Å². The minimum atomic E-state index is 0.0126. The van der Waals surface area contributed by atoms with Crippen molar-refractivity contribution in [1.29, 1.82) is 0 Å². The molecule has 0 bridgehead atoms. The third-order valence-corrected chi connectivity index (χ3v) is 3.57. The zero-order valence-corrected chi connectivity index (χ0v) is 10.2. The normalized spacial score (nSPS) is 35.8. The topological polar surface area (TPSA) is 41.6 Å². The molecule has 0 aromatic rings. The molecule has 16 heavy (non-hydrogen) atoms. The molecular formula is C12H22N2O2. The lowest BCUT2D eigenvalue weighted by Gasteiger charge is -2.29. The molecule has 2 aliphatic heterocycles. The van der Waals surface area contributed by atoms with Crippen molar-refractivity contribution in [2.45, 2.75) is 57.8 Å². The van der Waals surface area contributed by atoms with Crippen LogP contribution < -0.4 is 5.32 Å². The van der Waals surface area contributed by atoms with Crippen LogP contribution in [-0.4, -0.2) is 42.3 Å². The highest BCUT2D eigenvalue weighted by molar-refractivity contribution is 5.84. The van der Waals surface area contributed by atoms with Gasteiger partial charge in [0.2, 0.25) is 5.91 Å². The minimum absolute atomic E-state index is 0.0126. The summed E-state index contributed by atoms with van der Waals surface area (Å²) in [6.07, 6.45) is 4.75. The second-order valence-electron chi connectivity index (χ2n) is 4.78. The summed E-state index contributed by atoms with van der Waals surface area (Å²) < 4.78 is 5.68. The molecule has 92 valence electrons. The molecular weight excluding hydrogens is 204 g/mol. The molecule has 0 saturated carbocycles. The maximum atomic E-state index is 12.0. The summed E-state index contributed by atoms with van der Waals surface area (Å²) in [5.41, 5.74) is 0. The molecule has 4 nitrogen and oxygen atoms in total. The number of nitrogens with zero attached hydrogens (tertiary/aromatic N) is 1. The number of carbonyl (C=O) groups excluding carboxylic acids is 1. The maximum absolute atomic E-state index is 12.0. The van der Waals surface area contributed by atoms with Gasteiger partial charge in [0.05, 0.1) is 18.3 Å². The highest BCUT2D eigenvalue weighted by atomic mass is 16.5. The molecule has 2 saturated heterocycles. The van der Waals surface area contributed by atoms with E-state index in [-0.39, 0.29) is 24.2 Å². The molecule has 2 heterocycles. The van der Waals surface area contributed by atoms with Gasteiger partial charge in [-0.25, -0.2) is 0 Å². The van der Waals surface area contributed by atoms with E-state index < -0.39 is 0 Å². The molecule has 0 spiro atoms. The zero-order valence-electron chi connectivity index (χ0n) is 10.2. The van der Waals surface area contributed by atoms with Gasteiger partial charge in [0, 0.05) is 13.2 Å². The fourth-order valence-electron chi connectivity index (χ4n) is 2.55. The van der Waals surface area contributed by atoms with E-state index in [2.05, 4.69) is 12.2 Å². The smallest absolute Gasteiger partial charge is 0.241 e. The van der Waals surface area contributed by atoms with E-state index in [1.165, 1.54) is 6.42 Å². The van der Waals surface area contributed by atoms with Crippen LogP contribution in [0.15, 0.2) is 0 Å². The second kappa shape index (κ2) is 5.15. The van der Waals surface area contributed by atoms with Gasteiger partial charge in [-0.1, -0.05) is 6.92 Å². The van der Waals surface area contributed by atoms with Gasteiger partial charge in [-0.15, -0.1) is 0 Å². The summed E-state index contributed by atoms with van der Waals surface area (Å²) >= 11 is 0. The van der Waals surface area contributed by atoms with Crippen LogP contribution in [0.3, 0.4) is 0 Å². The molecule has 0 aromatic heterocycles. The lowest BCUT2D eigenvalue weighted by atomic mass is 10.1. The van der Waals surface area contributed by atoms with Crippen molar-refractivity contribution in [2.24, 2.45) is 0 Å². The van der Waals surface area contributed by atoms with Crippen molar-refractivity contribution in [3.8, 4) is 0 Å². The third kappa shape index (κ3) is 2.38. The highest BCUT2D eigenvalue weighted by Crippen LogP contribution is 2.18. The molecule has 4 heteroatoms. The monoisotopic (exact) mass is 226 g/mol. The Hall–Kier alpha value is -0.610. The predicted molar refractivity (Wildman–Crippen MR) is 62.0 cm³/mol. The van der Waals surface area contributed by atoms with Crippen LogP contribution in [0.5, 0.6) is 0 Å². The Labute approximate surface area is 97.3 Å². The van der Waals surface area contributed by atoms with Crippen LogP contribution in [-0.2, 0) is 9.53 Å². The van der Waals surface area contributed by atoms with Crippen molar-refractivity contribution >= 4 is 5.91 Å². The summed E-state index contributed by atoms with van der Waals surface area (Å²) in [5, 5.41) is 3.31. The van der Waals surface area contributed by atoms with Crippen LogP contribution in [0.4, 0.5) is 0 Å². The standard InChI is InChI=1S/C12H22N2O2/c1-3-11-12(15)14(9(2)13-11)8-10-6-4-5-7-16-10/h9-11,13H,3-8H2,1-2H3. The van der Waals surface area contributed by atoms with Gasteiger partial charge < -0.3 is 9.64 Å². The van der Waals surface area contributed by atoms with Crippen molar-refractivity contribution in [2.75, 3.05) is 13.2 Å². The van der Waals surface area contributed by atoms with Crippen LogP contribution in [0.1, 0.15) is 39.5 Å². The Morgan fingerprint density at radius 1 is 1.50 bits per heavy atom. The van der Waals surface area contributed by atoms with Gasteiger partial charge in [0.25, 0.3) is 0 Å². The second-order valence-corrected chi connectivity index (χ2v) is 4.78. The molecule has 0 aromatic carbocycles. The summed E-state index contributed by atoms with van der Waals surface area (Å²) in [7, 11) is 0. The van der Waals surface area contributed by atoms with Gasteiger partial charge in [-0.2, -0.15) is 0 Å². The minimum Gasteiger partial charge on any atom is -0.376 e. The number of carbonyl (C=O) groups is 1. The summed E-state index contributed by atoms with van der Waals surface area (Å²) in [6, 6.07) is 0.0126. The van der Waals surface area contributed by atoms with Crippen molar-refractivity contribution in [3.63, 3.8) is 0 Å². The van der Waals surface area contributed by atoms with Crippen molar-refractivity contribution in [1.82, 2.24) is 10.2 Å². The fourth-order valence-corrected chi connectivity index (χ4v) is 2.55. The fraction of sp³-hybridized carbons (Fsp3) is 0.917. The van der Waals surface area contributed by atoms with Gasteiger partial charge in [0.15, 0.2) is 0 Å². The average molecular weight is 226 g/mol. The molecule has 0 radical (unpaired) electrons. The first-order chi connectivity index (χ1) is 7.72. The first-order valence-corrected chi connectivity index (χ1v) is 6.40. The Morgan fingerprint density at radius 3 is 2.88 bits per heavy atom. The largest absolute Gasteiger partial charge is 0.376 e. The lowest BCUT2D eigenvalue weighted by molar-refractivity contribution is -0.132. The lowest BCUT2D eigenvalue weighted by Crippen LogP contribution is -2.42. The van der Waals surface area contributed by atoms with Crippen molar-refractivity contribution in [3.05, 3.63) is 0 Å². The Kier molecular flexibility index (Phi) is 3.82.